The predicted molar refractivity (Wildman–Crippen MR) is 70.4 cm³/mol. The van der Waals surface area contributed by atoms with Crippen LogP contribution in [0, 0.1) is 6.92 Å². The molecule has 0 radical (unpaired) electrons. The molecule has 0 amide bonds. The van der Waals surface area contributed by atoms with E-state index in [-0.39, 0.29) is 6.61 Å². The maximum absolute atomic E-state index is 9.15. The van der Waals surface area contributed by atoms with Crippen molar-refractivity contribution in [3.63, 3.8) is 0 Å². The van der Waals surface area contributed by atoms with Crippen molar-refractivity contribution in [3.05, 3.63) is 59.2 Å². The lowest BCUT2D eigenvalue weighted by molar-refractivity contribution is 0.282. The van der Waals surface area contributed by atoms with E-state index in [1.807, 2.05) is 24.3 Å². The van der Waals surface area contributed by atoms with Gasteiger partial charge >= 0.3 is 0 Å². The number of aliphatic hydroxyl groups excluding tert-OH is 1. The maximum Gasteiger partial charge on any atom is 0.0682 e. The lowest BCUT2D eigenvalue weighted by Gasteiger charge is -2.10. The van der Waals surface area contributed by atoms with E-state index in [9.17, 15) is 0 Å². The van der Waals surface area contributed by atoms with Crippen molar-refractivity contribution in [1.82, 2.24) is 0 Å². The molecule has 0 bridgehead atoms. The van der Waals surface area contributed by atoms with Gasteiger partial charge in [-0.3, -0.25) is 0 Å². The predicted octanol–water partition coefficient (Wildman–Crippen LogP) is 2.61. The van der Waals surface area contributed by atoms with E-state index in [1.165, 1.54) is 5.56 Å². The zero-order valence-electron chi connectivity index (χ0n) is 9.98. The molecule has 0 aromatic heterocycles. The van der Waals surface area contributed by atoms with E-state index in [2.05, 4.69) is 25.1 Å². The molecule has 2 nitrogen and oxygen atoms in total. The van der Waals surface area contributed by atoms with Gasteiger partial charge in [-0.1, -0.05) is 42.0 Å². The van der Waals surface area contributed by atoms with Gasteiger partial charge in [0, 0.05) is 6.54 Å². The van der Waals surface area contributed by atoms with Crippen LogP contribution in [-0.2, 0) is 13.2 Å². The lowest BCUT2D eigenvalue weighted by Crippen LogP contribution is -1.99. The number of hydrogen-bond acceptors (Lipinski definition) is 2. The second-order valence-electron chi connectivity index (χ2n) is 4.22. The summed E-state index contributed by atoms with van der Waals surface area (Å²) in [6.07, 6.45) is 0. The van der Waals surface area contributed by atoms with Crippen LogP contribution in [0.4, 0.5) is 0 Å². The van der Waals surface area contributed by atoms with Crippen molar-refractivity contribution in [2.45, 2.75) is 20.1 Å². The van der Waals surface area contributed by atoms with Crippen LogP contribution in [0.15, 0.2) is 42.5 Å². The van der Waals surface area contributed by atoms with E-state index < -0.39 is 0 Å². The van der Waals surface area contributed by atoms with Crippen molar-refractivity contribution in [1.29, 1.82) is 0 Å². The first kappa shape index (κ1) is 11.8. The number of hydrogen-bond donors (Lipinski definition) is 2. The van der Waals surface area contributed by atoms with Crippen LogP contribution >= 0.6 is 0 Å². The van der Waals surface area contributed by atoms with E-state index in [0.29, 0.717) is 6.54 Å². The van der Waals surface area contributed by atoms with E-state index >= 15 is 0 Å². The number of aryl methyl sites for hydroxylation is 1. The Kier molecular flexibility index (Phi) is 3.57. The lowest BCUT2D eigenvalue weighted by atomic mass is 9.96. The molecular weight excluding hydrogens is 210 g/mol. The van der Waals surface area contributed by atoms with Gasteiger partial charge in [0.05, 0.1) is 6.61 Å². The highest BCUT2D eigenvalue weighted by Gasteiger charge is 2.04. The van der Waals surface area contributed by atoms with Gasteiger partial charge in [0.2, 0.25) is 0 Å². The Labute approximate surface area is 102 Å². The standard InChI is InChI=1S/C15H17NO/c1-11-5-6-15(14(7-11)9-16)13-4-2-3-12(8-13)10-17/h2-8,17H,9-10,16H2,1H3. The van der Waals surface area contributed by atoms with Crippen LogP contribution in [0.1, 0.15) is 16.7 Å². The molecule has 3 N–H and O–H groups in total. The van der Waals surface area contributed by atoms with Crippen molar-refractivity contribution < 1.29 is 5.11 Å². The van der Waals surface area contributed by atoms with Gasteiger partial charge in [0.1, 0.15) is 0 Å². The minimum Gasteiger partial charge on any atom is -0.392 e. The molecule has 0 atom stereocenters. The van der Waals surface area contributed by atoms with Crippen molar-refractivity contribution in [3.8, 4) is 11.1 Å². The molecule has 0 fully saturated rings. The van der Waals surface area contributed by atoms with Crippen LogP contribution in [0.3, 0.4) is 0 Å². The SMILES string of the molecule is Cc1ccc(-c2cccc(CO)c2)c(CN)c1. The van der Waals surface area contributed by atoms with Gasteiger partial charge in [0.25, 0.3) is 0 Å². The minimum absolute atomic E-state index is 0.0671. The highest BCUT2D eigenvalue weighted by molar-refractivity contribution is 5.68. The summed E-state index contributed by atoms with van der Waals surface area (Å²) >= 11 is 0. The number of rotatable bonds is 3. The Bertz CT molecular complexity index is 520. The minimum atomic E-state index is 0.0671. The van der Waals surface area contributed by atoms with Gasteiger partial charge in [-0.2, -0.15) is 0 Å². The van der Waals surface area contributed by atoms with Crippen LogP contribution in [0.2, 0.25) is 0 Å². The Morgan fingerprint density at radius 2 is 1.94 bits per heavy atom. The molecule has 2 rings (SSSR count). The second-order valence-corrected chi connectivity index (χ2v) is 4.22. The maximum atomic E-state index is 9.15. The topological polar surface area (TPSA) is 46.2 Å². The molecule has 0 heterocycles. The molecule has 2 heteroatoms. The number of benzene rings is 2. The largest absolute Gasteiger partial charge is 0.392 e. The molecule has 0 aliphatic rings. The molecule has 0 spiro atoms. The molecule has 0 aliphatic carbocycles. The molecule has 2 aromatic rings. The Balaban J connectivity index is 2.51. The Morgan fingerprint density at radius 1 is 1.12 bits per heavy atom. The van der Waals surface area contributed by atoms with E-state index in [4.69, 9.17) is 10.8 Å². The molecule has 88 valence electrons. The summed E-state index contributed by atoms with van der Waals surface area (Å²) < 4.78 is 0. The van der Waals surface area contributed by atoms with Gasteiger partial charge in [-0.25, -0.2) is 0 Å². The Hall–Kier alpha value is -1.64. The smallest absolute Gasteiger partial charge is 0.0682 e. The van der Waals surface area contributed by atoms with Crippen LogP contribution < -0.4 is 5.73 Å². The van der Waals surface area contributed by atoms with Crippen LogP contribution in [-0.4, -0.2) is 5.11 Å². The summed E-state index contributed by atoms with van der Waals surface area (Å²) in [4.78, 5) is 0. The highest BCUT2D eigenvalue weighted by Crippen LogP contribution is 2.25. The van der Waals surface area contributed by atoms with Gasteiger partial charge < -0.3 is 10.8 Å². The fraction of sp³-hybridized carbons (Fsp3) is 0.200. The molecule has 0 saturated carbocycles. The van der Waals surface area contributed by atoms with Crippen molar-refractivity contribution in [2.75, 3.05) is 0 Å². The fourth-order valence-corrected chi connectivity index (χ4v) is 2.01. The molecule has 0 unspecified atom stereocenters. The normalized spacial score (nSPS) is 10.5. The summed E-state index contributed by atoms with van der Waals surface area (Å²) in [5.41, 5.74) is 11.3. The molecule has 0 aliphatic heterocycles. The van der Waals surface area contributed by atoms with E-state index in [1.54, 1.807) is 0 Å². The number of aliphatic hydroxyl groups is 1. The van der Waals surface area contributed by atoms with Crippen LogP contribution in [0.5, 0.6) is 0 Å². The fourth-order valence-electron chi connectivity index (χ4n) is 2.01. The van der Waals surface area contributed by atoms with Gasteiger partial charge in [0.15, 0.2) is 0 Å². The quantitative estimate of drug-likeness (QED) is 0.846. The third-order valence-electron chi connectivity index (χ3n) is 2.90. The third kappa shape index (κ3) is 2.54. The van der Waals surface area contributed by atoms with Crippen molar-refractivity contribution >= 4 is 0 Å². The zero-order chi connectivity index (χ0) is 12.3. The summed E-state index contributed by atoms with van der Waals surface area (Å²) in [6, 6.07) is 14.2. The van der Waals surface area contributed by atoms with Crippen molar-refractivity contribution in [2.24, 2.45) is 5.73 Å². The van der Waals surface area contributed by atoms with Gasteiger partial charge in [-0.05, 0) is 35.2 Å². The molecule has 17 heavy (non-hydrogen) atoms. The van der Waals surface area contributed by atoms with E-state index in [0.717, 1.165) is 22.3 Å². The third-order valence-corrected chi connectivity index (χ3v) is 2.90. The summed E-state index contributed by atoms with van der Waals surface area (Å²) in [6.45, 7) is 2.66. The first-order chi connectivity index (χ1) is 8.24. The average molecular weight is 227 g/mol. The van der Waals surface area contributed by atoms with Crippen LogP contribution in [0.25, 0.3) is 11.1 Å². The molecule has 0 saturated heterocycles. The summed E-state index contributed by atoms with van der Waals surface area (Å²) in [5, 5.41) is 9.15. The first-order valence-electron chi connectivity index (χ1n) is 5.74. The summed E-state index contributed by atoms with van der Waals surface area (Å²) in [7, 11) is 0. The first-order valence-corrected chi connectivity index (χ1v) is 5.74. The molecular formula is C15H17NO. The summed E-state index contributed by atoms with van der Waals surface area (Å²) in [5.74, 6) is 0. The number of nitrogens with two attached hydrogens (primary N) is 1. The Morgan fingerprint density at radius 3 is 2.65 bits per heavy atom. The second kappa shape index (κ2) is 5.13. The molecule has 2 aromatic carbocycles. The highest BCUT2D eigenvalue weighted by atomic mass is 16.3. The monoisotopic (exact) mass is 227 g/mol. The van der Waals surface area contributed by atoms with Gasteiger partial charge in [-0.15, -0.1) is 0 Å². The average Bonchev–Trinajstić information content (AvgIpc) is 2.38. The zero-order valence-corrected chi connectivity index (χ0v) is 9.98.